The lowest BCUT2D eigenvalue weighted by Gasteiger charge is -2.10. The lowest BCUT2D eigenvalue weighted by molar-refractivity contribution is 0.462. The van der Waals surface area contributed by atoms with Crippen LogP contribution in [0.4, 0.5) is 5.69 Å². The summed E-state index contributed by atoms with van der Waals surface area (Å²) in [6, 6.07) is 11.5. The minimum absolute atomic E-state index is 0.479. The van der Waals surface area contributed by atoms with E-state index >= 15 is 0 Å². The lowest BCUT2D eigenvalue weighted by Crippen LogP contribution is -1.96. The fourth-order valence-electron chi connectivity index (χ4n) is 2.10. The third-order valence-corrected chi connectivity index (χ3v) is 3.22. The first kappa shape index (κ1) is 12.4. The molecule has 0 saturated heterocycles. The molecule has 0 radical (unpaired) electrons. The van der Waals surface area contributed by atoms with Crippen LogP contribution in [-0.4, -0.2) is 9.97 Å². The fourth-order valence-corrected chi connectivity index (χ4v) is 2.10. The molecule has 0 spiro atoms. The number of para-hydroxylation sites is 2. The molecule has 0 saturated carbocycles. The highest BCUT2D eigenvalue weighted by molar-refractivity contribution is 5.74. The zero-order chi connectivity index (χ0) is 14.1. The Balaban J connectivity index is 1.96. The van der Waals surface area contributed by atoms with Crippen LogP contribution in [0.1, 0.15) is 11.1 Å². The Hall–Kier alpha value is -2.62. The number of hydrogen-bond donors (Lipinski definition) is 1. The van der Waals surface area contributed by atoms with E-state index in [-0.39, 0.29) is 0 Å². The molecule has 0 aliphatic heterocycles. The molecule has 20 heavy (non-hydrogen) atoms. The van der Waals surface area contributed by atoms with Crippen LogP contribution in [0.3, 0.4) is 0 Å². The summed E-state index contributed by atoms with van der Waals surface area (Å²) in [5.41, 5.74) is 10.4. The minimum atomic E-state index is 0.479. The smallest absolute Gasteiger partial charge is 0.238 e. The highest BCUT2D eigenvalue weighted by Gasteiger charge is 2.05. The fraction of sp³-hybridized carbons (Fsp3) is 0.125. The van der Waals surface area contributed by atoms with Gasteiger partial charge in [0.1, 0.15) is 5.75 Å². The number of aromatic nitrogens is 2. The number of fused-ring (bicyclic) bond motifs is 1. The topological polar surface area (TPSA) is 61.0 Å². The molecule has 0 unspecified atom stereocenters. The molecular weight excluding hydrogens is 250 g/mol. The van der Waals surface area contributed by atoms with Gasteiger partial charge in [-0.2, -0.15) is 0 Å². The minimum Gasteiger partial charge on any atom is -0.437 e. The van der Waals surface area contributed by atoms with Gasteiger partial charge >= 0.3 is 0 Å². The molecule has 4 heteroatoms. The number of hydrogen-bond acceptors (Lipinski definition) is 4. The van der Waals surface area contributed by atoms with Gasteiger partial charge in [-0.3, -0.25) is 0 Å². The predicted octanol–water partition coefficient (Wildman–Crippen LogP) is 3.62. The summed E-state index contributed by atoms with van der Waals surface area (Å²) in [6.45, 7) is 3.92. The monoisotopic (exact) mass is 265 g/mol. The van der Waals surface area contributed by atoms with Gasteiger partial charge < -0.3 is 10.5 Å². The van der Waals surface area contributed by atoms with Gasteiger partial charge in [0.2, 0.25) is 5.88 Å². The van der Waals surface area contributed by atoms with Crippen LogP contribution in [0, 0.1) is 13.8 Å². The van der Waals surface area contributed by atoms with E-state index < -0.39 is 0 Å². The van der Waals surface area contributed by atoms with Gasteiger partial charge in [0.25, 0.3) is 0 Å². The first-order valence-corrected chi connectivity index (χ1v) is 6.40. The molecule has 0 fully saturated rings. The number of aryl methyl sites for hydroxylation is 2. The number of ether oxygens (including phenoxy) is 1. The van der Waals surface area contributed by atoms with Crippen molar-refractivity contribution in [1.29, 1.82) is 0 Å². The molecular formula is C16H15N3O. The molecule has 2 N–H and O–H groups in total. The van der Waals surface area contributed by atoms with Gasteiger partial charge in [-0.25, -0.2) is 9.97 Å². The van der Waals surface area contributed by atoms with Crippen molar-refractivity contribution < 1.29 is 4.74 Å². The molecule has 0 aliphatic carbocycles. The molecule has 3 rings (SSSR count). The van der Waals surface area contributed by atoms with Crippen LogP contribution in [0.15, 0.2) is 42.6 Å². The molecule has 1 heterocycles. The van der Waals surface area contributed by atoms with Gasteiger partial charge in [0, 0.05) is 5.69 Å². The van der Waals surface area contributed by atoms with E-state index in [1.54, 1.807) is 6.20 Å². The molecule has 3 aromatic rings. The van der Waals surface area contributed by atoms with Crippen LogP contribution < -0.4 is 10.5 Å². The Kier molecular flexibility index (Phi) is 2.99. The maximum atomic E-state index is 5.94. The van der Waals surface area contributed by atoms with Crippen LogP contribution in [0.5, 0.6) is 11.6 Å². The van der Waals surface area contributed by atoms with E-state index in [4.69, 9.17) is 10.5 Å². The molecule has 0 aliphatic rings. The quantitative estimate of drug-likeness (QED) is 0.719. The van der Waals surface area contributed by atoms with Gasteiger partial charge in [0.15, 0.2) is 0 Å². The molecule has 0 atom stereocenters. The lowest BCUT2D eigenvalue weighted by atomic mass is 10.1. The Morgan fingerprint density at radius 2 is 1.65 bits per heavy atom. The Bertz CT molecular complexity index is 761. The van der Waals surface area contributed by atoms with E-state index in [1.165, 1.54) is 0 Å². The van der Waals surface area contributed by atoms with Crippen molar-refractivity contribution in [1.82, 2.24) is 9.97 Å². The van der Waals surface area contributed by atoms with Crippen molar-refractivity contribution in [2.45, 2.75) is 13.8 Å². The van der Waals surface area contributed by atoms with Crippen molar-refractivity contribution in [2.24, 2.45) is 0 Å². The number of nitrogens with zero attached hydrogens (tertiary/aromatic N) is 2. The Morgan fingerprint density at radius 3 is 2.35 bits per heavy atom. The van der Waals surface area contributed by atoms with Gasteiger partial charge in [0.05, 0.1) is 17.2 Å². The standard InChI is InChI=1S/C16H15N3O/c1-10-7-12(8-11(2)16(10)17)20-15-9-18-13-5-3-4-6-14(13)19-15/h3-9H,17H2,1-2H3. The normalized spacial score (nSPS) is 10.7. The summed E-state index contributed by atoms with van der Waals surface area (Å²) in [6.07, 6.45) is 1.63. The van der Waals surface area contributed by atoms with E-state index in [9.17, 15) is 0 Å². The zero-order valence-electron chi connectivity index (χ0n) is 11.4. The summed E-state index contributed by atoms with van der Waals surface area (Å²) in [4.78, 5) is 8.76. The Labute approximate surface area is 117 Å². The van der Waals surface area contributed by atoms with Gasteiger partial charge in [-0.1, -0.05) is 12.1 Å². The maximum absolute atomic E-state index is 5.94. The zero-order valence-corrected chi connectivity index (χ0v) is 11.4. The van der Waals surface area contributed by atoms with E-state index in [2.05, 4.69) is 9.97 Å². The predicted molar refractivity (Wildman–Crippen MR) is 79.9 cm³/mol. The first-order valence-electron chi connectivity index (χ1n) is 6.40. The molecule has 4 nitrogen and oxygen atoms in total. The summed E-state index contributed by atoms with van der Waals surface area (Å²) < 4.78 is 5.77. The van der Waals surface area contributed by atoms with Crippen molar-refractivity contribution in [3.8, 4) is 11.6 Å². The summed E-state index contributed by atoms with van der Waals surface area (Å²) >= 11 is 0. The van der Waals surface area contributed by atoms with Crippen molar-refractivity contribution >= 4 is 16.7 Å². The second-order valence-electron chi connectivity index (χ2n) is 4.77. The maximum Gasteiger partial charge on any atom is 0.238 e. The summed E-state index contributed by atoms with van der Waals surface area (Å²) in [5, 5.41) is 0. The highest BCUT2D eigenvalue weighted by Crippen LogP contribution is 2.27. The van der Waals surface area contributed by atoms with E-state index in [1.807, 2.05) is 50.2 Å². The van der Waals surface area contributed by atoms with Crippen LogP contribution in [0.25, 0.3) is 11.0 Å². The number of nitrogens with two attached hydrogens (primary N) is 1. The first-order chi connectivity index (χ1) is 9.63. The molecule has 2 aromatic carbocycles. The number of benzene rings is 2. The highest BCUT2D eigenvalue weighted by atomic mass is 16.5. The van der Waals surface area contributed by atoms with Gasteiger partial charge in [-0.15, -0.1) is 0 Å². The average molecular weight is 265 g/mol. The average Bonchev–Trinajstić information content (AvgIpc) is 2.44. The third-order valence-electron chi connectivity index (χ3n) is 3.22. The van der Waals surface area contributed by atoms with Crippen LogP contribution in [0.2, 0.25) is 0 Å². The van der Waals surface area contributed by atoms with Crippen molar-refractivity contribution in [3.05, 3.63) is 53.7 Å². The second-order valence-corrected chi connectivity index (χ2v) is 4.77. The largest absolute Gasteiger partial charge is 0.437 e. The number of nitrogen functional groups attached to an aromatic ring is 1. The summed E-state index contributed by atoms with van der Waals surface area (Å²) in [5.74, 6) is 1.20. The van der Waals surface area contributed by atoms with Crippen molar-refractivity contribution in [2.75, 3.05) is 5.73 Å². The molecule has 0 amide bonds. The molecule has 1 aromatic heterocycles. The van der Waals surface area contributed by atoms with Crippen molar-refractivity contribution in [3.63, 3.8) is 0 Å². The molecule has 100 valence electrons. The number of anilines is 1. The molecule has 0 bridgehead atoms. The van der Waals surface area contributed by atoms with Crippen LogP contribution in [-0.2, 0) is 0 Å². The van der Waals surface area contributed by atoms with Gasteiger partial charge in [-0.05, 0) is 49.2 Å². The second kappa shape index (κ2) is 4.81. The number of rotatable bonds is 2. The third kappa shape index (κ3) is 2.28. The van der Waals surface area contributed by atoms with E-state index in [0.717, 1.165) is 33.6 Å². The van der Waals surface area contributed by atoms with Crippen LogP contribution >= 0.6 is 0 Å². The Morgan fingerprint density at radius 1 is 1.00 bits per heavy atom. The van der Waals surface area contributed by atoms with E-state index in [0.29, 0.717) is 5.88 Å². The SMILES string of the molecule is Cc1cc(Oc2cnc3ccccc3n2)cc(C)c1N. The summed E-state index contributed by atoms with van der Waals surface area (Å²) in [7, 11) is 0.